The first kappa shape index (κ1) is 11.0. The summed E-state index contributed by atoms with van der Waals surface area (Å²) in [4.78, 5) is 4.47. The molecule has 4 heteroatoms. The molecule has 0 aliphatic carbocycles. The van der Waals surface area contributed by atoms with Crippen LogP contribution in [0.15, 0.2) is 22.6 Å². The Bertz CT molecular complexity index is 503. The number of nitrogens with one attached hydrogen (secondary N) is 1. The van der Waals surface area contributed by atoms with Crippen molar-refractivity contribution < 1.29 is 9.15 Å². The van der Waals surface area contributed by atoms with Crippen LogP contribution in [0.1, 0.15) is 19.7 Å². The molecular weight excluding hydrogens is 204 g/mol. The molecule has 0 amide bonds. The number of hydrogen-bond donors (Lipinski definition) is 1. The lowest BCUT2D eigenvalue weighted by Crippen LogP contribution is -2.33. The van der Waals surface area contributed by atoms with Gasteiger partial charge in [0.2, 0.25) is 5.89 Å². The van der Waals surface area contributed by atoms with E-state index >= 15 is 0 Å². The molecule has 0 fully saturated rings. The lowest BCUT2D eigenvalue weighted by Gasteiger charge is -2.18. The maximum Gasteiger partial charge on any atom is 0.215 e. The molecule has 4 nitrogen and oxygen atoms in total. The third-order valence-electron chi connectivity index (χ3n) is 2.76. The second kappa shape index (κ2) is 3.79. The SMILES string of the molecule is CNC(C)(C)c1nc2c(OC)cccc2o1. The standard InChI is InChI=1S/C12H16N2O2/c1-12(2,13-3)11-14-10-8(15-4)6-5-7-9(10)16-11/h5-7,13H,1-4H3. The van der Waals surface area contributed by atoms with Crippen molar-refractivity contribution in [2.75, 3.05) is 14.2 Å². The molecule has 1 heterocycles. The Balaban J connectivity index is 2.60. The van der Waals surface area contributed by atoms with Crippen LogP contribution in [0, 0.1) is 0 Å². The average Bonchev–Trinajstić information content (AvgIpc) is 2.73. The van der Waals surface area contributed by atoms with Crippen molar-refractivity contribution in [3.8, 4) is 5.75 Å². The van der Waals surface area contributed by atoms with E-state index in [0.29, 0.717) is 5.89 Å². The highest BCUT2D eigenvalue weighted by Crippen LogP contribution is 2.29. The Kier molecular flexibility index (Phi) is 2.59. The highest BCUT2D eigenvalue weighted by atomic mass is 16.5. The van der Waals surface area contributed by atoms with E-state index in [2.05, 4.69) is 10.3 Å². The van der Waals surface area contributed by atoms with Gasteiger partial charge >= 0.3 is 0 Å². The molecule has 16 heavy (non-hydrogen) atoms. The van der Waals surface area contributed by atoms with Crippen molar-refractivity contribution in [3.63, 3.8) is 0 Å². The van der Waals surface area contributed by atoms with Crippen LogP contribution in [-0.4, -0.2) is 19.1 Å². The van der Waals surface area contributed by atoms with Gasteiger partial charge in [0.1, 0.15) is 5.75 Å². The number of methoxy groups -OCH3 is 1. The van der Waals surface area contributed by atoms with E-state index < -0.39 is 0 Å². The van der Waals surface area contributed by atoms with Crippen LogP contribution < -0.4 is 10.1 Å². The van der Waals surface area contributed by atoms with Crippen molar-refractivity contribution >= 4 is 11.1 Å². The van der Waals surface area contributed by atoms with Gasteiger partial charge in [0, 0.05) is 0 Å². The Labute approximate surface area is 94.6 Å². The molecule has 1 aromatic carbocycles. The second-order valence-corrected chi connectivity index (χ2v) is 4.20. The third kappa shape index (κ3) is 1.65. The fourth-order valence-corrected chi connectivity index (χ4v) is 1.46. The van der Waals surface area contributed by atoms with Crippen LogP contribution in [0.3, 0.4) is 0 Å². The van der Waals surface area contributed by atoms with Crippen molar-refractivity contribution in [2.45, 2.75) is 19.4 Å². The summed E-state index contributed by atoms with van der Waals surface area (Å²) in [5.74, 6) is 1.40. The monoisotopic (exact) mass is 220 g/mol. The number of oxazole rings is 1. The first-order valence-electron chi connectivity index (χ1n) is 5.21. The van der Waals surface area contributed by atoms with Crippen LogP contribution in [0.25, 0.3) is 11.1 Å². The van der Waals surface area contributed by atoms with Crippen molar-refractivity contribution in [1.29, 1.82) is 0 Å². The largest absolute Gasteiger partial charge is 0.494 e. The van der Waals surface area contributed by atoms with Gasteiger partial charge in [0.05, 0.1) is 12.6 Å². The van der Waals surface area contributed by atoms with E-state index in [9.17, 15) is 0 Å². The van der Waals surface area contributed by atoms with Crippen molar-refractivity contribution in [2.24, 2.45) is 0 Å². The summed E-state index contributed by atoms with van der Waals surface area (Å²) in [5.41, 5.74) is 1.23. The van der Waals surface area contributed by atoms with Gasteiger partial charge < -0.3 is 14.5 Å². The average molecular weight is 220 g/mol. The number of fused-ring (bicyclic) bond motifs is 1. The topological polar surface area (TPSA) is 47.3 Å². The van der Waals surface area contributed by atoms with E-state index in [1.807, 2.05) is 39.1 Å². The Morgan fingerprint density at radius 2 is 2.12 bits per heavy atom. The lowest BCUT2D eigenvalue weighted by molar-refractivity contribution is 0.338. The zero-order valence-electron chi connectivity index (χ0n) is 10.00. The molecule has 0 unspecified atom stereocenters. The molecule has 1 aromatic heterocycles. The zero-order chi connectivity index (χ0) is 11.8. The molecule has 0 radical (unpaired) electrons. The molecule has 86 valence electrons. The summed E-state index contributed by atoms with van der Waals surface area (Å²) in [5, 5.41) is 3.16. The smallest absolute Gasteiger partial charge is 0.215 e. The summed E-state index contributed by atoms with van der Waals surface area (Å²) < 4.78 is 11.0. The minimum absolute atomic E-state index is 0.288. The fraction of sp³-hybridized carbons (Fsp3) is 0.417. The quantitative estimate of drug-likeness (QED) is 0.862. The van der Waals surface area contributed by atoms with Gasteiger partial charge in [-0.3, -0.25) is 0 Å². The molecule has 0 saturated carbocycles. The first-order valence-corrected chi connectivity index (χ1v) is 5.21. The van der Waals surface area contributed by atoms with E-state index in [-0.39, 0.29) is 5.54 Å². The maximum atomic E-state index is 5.71. The van der Waals surface area contributed by atoms with Gasteiger partial charge in [-0.05, 0) is 33.0 Å². The molecule has 0 aliphatic rings. The van der Waals surface area contributed by atoms with Gasteiger partial charge in [-0.25, -0.2) is 4.98 Å². The molecule has 2 aromatic rings. The summed E-state index contributed by atoms with van der Waals surface area (Å²) in [6.07, 6.45) is 0. The van der Waals surface area contributed by atoms with Crippen LogP contribution in [-0.2, 0) is 5.54 Å². The fourth-order valence-electron chi connectivity index (χ4n) is 1.46. The summed E-state index contributed by atoms with van der Waals surface area (Å²) in [6, 6.07) is 5.66. The van der Waals surface area contributed by atoms with E-state index in [4.69, 9.17) is 9.15 Å². The number of benzene rings is 1. The minimum Gasteiger partial charge on any atom is -0.494 e. The molecular formula is C12H16N2O2. The number of ether oxygens (including phenoxy) is 1. The number of rotatable bonds is 3. The summed E-state index contributed by atoms with van der Waals surface area (Å²) >= 11 is 0. The lowest BCUT2D eigenvalue weighted by atomic mass is 10.1. The second-order valence-electron chi connectivity index (χ2n) is 4.20. The number of para-hydroxylation sites is 1. The van der Waals surface area contributed by atoms with Gasteiger partial charge in [0.25, 0.3) is 0 Å². The van der Waals surface area contributed by atoms with Crippen LogP contribution in [0.5, 0.6) is 5.75 Å². The highest BCUT2D eigenvalue weighted by molar-refractivity contribution is 5.79. The highest BCUT2D eigenvalue weighted by Gasteiger charge is 2.25. The summed E-state index contributed by atoms with van der Waals surface area (Å²) in [7, 11) is 3.51. The molecule has 0 aliphatic heterocycles. The van der Waals surface area contributed by atoms with Gasteiger partial charge in [-0.1, -0.05) is 6.07 Å². The van der Waals surface area contributed by atoms with E-state index in [1.165, 1.54) is 0 Å². The van der Waals surface area contributed by atoms with Crippen LogP contribution >= 0.6 is 0 Å². The predicted octanol–water partition coefficient (Wildman–Crippen LogP) is 2.29. The molecule has 0 bridgehead atoms. The van der Waals surface area contributed by atoms with Crippen molar-refractivity contribution in [3.05, 3.63) is 24.1 Å². The number of hydrogen-bond acceptors (Lipinski definition) is 4. The summed E-state index contributed by atoms with van der Waals surface area (Å²) in [6.45, 7) is 4.04. The molecule has 0 atom stereocenters. The van der Waals surface area contributed by atoms with E-state index in [1.54, 1.807) is 7.11 Å². The minimum atomic E-state index is -0.288. The molecule has 1 N–H and O–H groups in total. The van der Waals surface area contributed by atoms with Crippen molar-refractivity contribution in [1.82, 2.24) is 10.3 Å². The van der Waals surface area contributed by atoms with E-state index in [0.717, 1.165) is 16.8 Å². The van der Waals surface area contributed by atoms with Crippen LogP contribution in [0.4, 0.5) is 0 Å². The van der Waals surface area contributed by atoms with Gasteiger partial charge in [-0.15, -0.1) is 0 Å². The van der Waals surface area contributed by atoms with Gasteiger partial charge in [0.15, 0.2) is 11.1 Å². The number of nitrogens with zero attached hydrogens (tertiary/aromatic N) is 1. The van der Waals surface area contributed by atoms with Gasteiger partial charge in [-0.2, -0.15) is 0 Å². The normalized spacial score (nSPS) is 12.0. The predicted molar refractivity (Wildman–Crippen MR) is 62.6 cm³/mol. The molecule has 0 spiro atoms. The maximum absolute atomic E-state index is 5.71. The zero-order valence-corrected chi connectivity index (χ0v) is 10.00. The first-order chi connectivity index (χ1) is 7.58. The molecule has 2 rings (SSSR count). The Morgan fingerprint density at radius 1 is 1.38 bits per heavy atom. The Hall–Kier alpha value is -1.55. The Morgan fingerprint density at radius 3 is 2.75 bits per heavy atom. The van der Waals surface area contributed by atoms with Crippen LogP contribution in [0.2, 0.25) is 0 Å². The number of aromatic nitrogens is 1. The third-order valence-corrected chi connectivity index (χ3v) is 2.76. The molecule has 0 saturated heterocycles.